The first kappa shape index (κ1) is 24.8. The standard InChI is InChI=1S/C22H24F2N8O4S/c1-37(35,36)14-10-31(11-14)22(34)12-2-4-30(5-3-12)18-15(24)7-26-8-16(18)28-21(33)17-19(25)29-32-9-13(23)6-27-20(17)32/h6-9,12,14H,2-5,10-11H2,1H3,(H2,25,29)(H,28,33). The van der Waals surface area contributed by atoms with Gasteiger partial charge in [0.15, 0.2) is 32.9 Å². The van der Waals surface area contributed by atoms with Gasteiger partial charge in [0, 0.05) is 38.4 Å². The fourth-order valence-corrected chi connectivity index (χ4v) is 5.57. The van der Waals surface area contributed by atoms with Gasteiger partial charge in [-0.3, -0.25) is 14.6 Å². The average Bonchev–Trinajstić information content (AvgIpc) is 3.12. The summed E-state index contributed by atoms with van der Waals surface area (Å²) in [6.45, 7) is 1.06. The van der Waals surface area contributed by atoms with Crippen LogP contribution >= 0.6 is 0 Å². The van der Waals surface area contributed by atoms with Crippen molar-refractivity contribution in [3.8, 4) is 0 Å². The van der Waals surface area contributed by atoms with Crippen LogP contribution in [0, 0.1) is 17.6 Å². The van der Waals surface area contributed by atoms with E-state index in [-0.39, 0.29) is 53.3 Å². The second-order valence-corrected chi connectivity index (χ2v) is 11.6. The summed E-state index contributed by atoms with van der Waals surface area (Å²) >= 11 is 0. The van der Waals surface area contributed by atoms with Crippen LogP contribution < -0.4 is 16.0 Å². The molecule has 0 aromatic carbocycles. The van der Waals surface area contributed by atoms with E-state index in [2.05, 4.69) is 20.4 Å². The monoisotopic (exact) mass is 534 g/mol. The van der Waals surface area contributed by atoms with Gasteiger partial charge in [-0.05, 0) is 12.8 Å². The van der Waals surface area contributed by atoms with Gasteiger partial charge in [0.2, 0.25) is 5.91 Å². The maximum Gasteiger partial charge on any atom is 0.263 e. The number of nitrogen functional groups attached to an aromatic ring is 1. The van der Waals surface area contributed by atoms with Crippen LogP contribution in [-0.4, -0.2) is 82.4 Å². The molecule has 0 saturated carbocycles. The van der Waals surface area contributed by atoms with Gasteiger partial charge in [0.05, 0.1) is 35.7 Å². The quantitative estimate of drug-likeness (QED) is 0.481. The first-order valence-corrected chi connectivity index (χ1v) is 13.4. The van der Waals surface area contributed by atoms with E-state index >= 15 is 0 Å². The summed E-state index contributed by atoms with van der Waals surface area (Å²) in [6.07, 6.45) is 6.31. The number of sulfone groups is 1. The molecule has 3 N–H and O–H groups in total. The third-order valence-electron chi connectivity index (χ3n) is 6.74. The summed E-state index contributed by atoms with van der Waals surface area (Å²) in [6, 6.07) is 0. The van der Waals surface area contributed by atoms with E-state index in [0.717, 1.165) is 29.4 Å². The number of hydrogen-bond donors (Lipinski definition) is 2. The summed E-state index contributed by atoms with van der Waals surface area (Å²) in [5.74, 6) is -2.62. The number of nitrogens with one attached hydrogen (secondary N) is 1. The topological polar surface area (TPSA) is 156 Å². The third kappa shape index (κ3) is 4.65. The maximum atomic E-state index is 14.9. The highest BCUT2D eigenvalue weighted by molar-refractivity contribution is 7.91. The van der Waals surface area contributed by atoms with Crippen molar-refractivity contribution >= 4 is 44.5 Å². The second-order valence-electron chi connectivity index (χ2n) is 9.23. The van der Waals surface area contributed by atoms with Crippen molar-refractivity contribution in [2.24, 2.45) is 5.92 Å². The van der Waals surface area contributed by atoms with Gasteiger partial charge >= 0.3 is 0 Å². The Morgan fingerprint density at radius 1 is 1.14 bits per heavy atom. The van der Waals surface area contributed by atoms with Crippen LogP contribution in [0.25, 0.3) is 5.65 Å². The molecule has 15 heteroatoms. The Labute approximate surface area is 210 Å². The number of anilines is 3. The predicted molar refractivity (Wildman–Crippen MR) is 130 cm³/mol. The van der Waals surface area contributed by atoms with Gasteiger partial charge in [-0.25, -0.2) is 26.7 Å². The van der Waals surface area contributed by atoms with Gasteiger partial charge in [-0.1, -0.05) is 0 Å². The molecule has 2 saturated heterocycles. The van der Waals surface area contributed by atoms with Crippen LogP contribution in [0.15, 0.2) is 24.8 Å². The molecule has 5 rings (SSSR count). The lowest BCUT2D eigenvalue weighted by molar-refractivity contribution is -0.139. The molecule has 2 amide bonds. The minimum Gasteiger partial charge on any atom is -0.381 e. The van der Waals surface area contributed by atoms with Crippen molar-refractivity contribution in [3.63, 3.8) is 0 Å². The Kier molecular flexibility index (Phi) is 6.17. The summed E-state index contributed by atoms with van der Waals surface area (Å²) in [4.78, 5) is 36.8. The summed E-state index contributed by atoms with van der Waals surface area (Å²) in [5.41, 5.74) is 6.01. The van der Waals surface area contributed by atoms with Crippen LogP contribution in [0.2, 0.25) is 0 Å². The number of fused-ring (bicyclic) bond motifs is 1. The average molecular weight is 535 g/mol. The van der Waals surface area contributed by atoms with Crippen molar-refractivity contribution in [2.75, 3.05) is 48.4 Å². The lowest BCUT2D eigenvalue weighted by atomic mass is 9.93. The van der Waals surface area contributed by atoms with Crippen LogP contribution in [-0.2, 0) is 14.6 Å². The molecule has 3 aromatic heterocycles. The molecule has 2 fully saturated rings. The fraction of sp³-hybridized carbons (Fsp3) is 0.409. The Bertz CT molecular complexity index is 1500. The molecule has 0 spiro atoms. The zero-order chi connectivity index (χ0) is 26.5. The van der Waals surface area contributed by atoms with E-state index in [0.29, 0.717) is 25.9 Å². The minimum atomic E-state index is -3.18. The van der Waals surface area contributed by atoms with E-state index in [1.54, 1.807) is 9.80 Å². The van der Waals surface area contributed by atoms with Gasteiger partial charge in [-0.15, -0.1) is 5.10 Å². The van der Waals surface area contributed by atoms with Crippen LogP contribution in [0.4, 0.5) is 26.0 Å². The van der Waals surface area contributed by atoms with Crippen LogP contribution in [0.5, 0.6) is 0 Å². The first-order valence-electron chi connectivity index (χ1n) is 11.5. The number of likely N-dealkylation sites (tertiary alicyclic amines) is 1. The van der Waals surface area contributed by atoms with Gasteiger partial charge in [0.25, 0.3) is 5.91 Å². The number of halogens is 2. The number of rotatable bonds is 5. The molecule has 0 radical (unpaired) electrons. The van der Waals surface area contributed by atoms with Crippen molar-refractivity contribution in [1.29, 1.82) is 0 Å². The van der Waals surface area contributed by atoms with E-state index in [4.69, 9.17) is 5.73 Å². The molecule has 2 aliphatic rings. The van der Waals surface area contributed by atoms with Gasteiger partial charge in [0.1, 0.15) is 11.3 Å². The van der Waals surface area contributed by atoms with Gasteiger partial charge < -0.3 is 20.9 Å². The molecular formula is C22H24F2N8O4S. The largest absolute Gasteiger partial charge is 0.381 e. The molecule has 196 valence electrons. The van der Waals surface area contributed by atoms with E-state index in [1.165, 1.54) is 6.20 Å². The van der Waals surface area contributed by atoms with Crippen molar-refractivity contribution in [1.82, 2.24) is 24.5 Å². The predicted octanol–water partition coefficient (Wildman–Crippen LogP) is 0.709. The van der Waals surface area contributed by atoms with Crippen molar-refractivity contribution in [3.05, 3.63) is 42.0 Å². The molecule has 2 aliphatic heterocycles. The second kappa shape index (κ2) is 9.21. The summed E-state index contributed by atoms with van der Waals surface area (Å²) in [5, 5.41) is 5.98. The Morgan fingerprint density at radius 2 is 1.84 bits per heavy atom. The number of pyridine rings is 1. The lowest BCUT2D eigenvalue weighted by Crippen LogP contribution is -2.58. The number of amides is 2. The molecular weight excluding hydrogens is 510 g/mol. The highest BCUT2D eigenvalue weighted by Crippen LogP contribution is 2.33. The maximum absolute atomic E-state index is 14.9. The Hall–Kier alpha value is -3.88. The molecule has 3 aromatic rings. The van der Waals surface area contributed by atoms with Gasteiger partial charge in [-0.2, -0.15) is 0 Å². The normalized spacial score (nSPS) is 17.2. The number of carbonyl (C=O) groups is 2. The molecule has 12 nitrogen and oxygen atoms in total. The smallest absolute Gasteiger partial charge is 0.263 e. The van der Waals surface area contributed by atoms with Crippen molar-refractivity contribution in [2.45, 2.75) is 18.1 Å². The number of hydrogen-bond acceptors (Lipinski definition) is 9. The highest BCUT2D eigenvalue weighted by atomic mass is 32.2. The molecule has 0 unspecified atom stereocenters. The lowest BCUT2D eigenvalue weighted by Gasteiger charge is -2.42. The van der Waals surface area contributed by atoms with Crippen molar-refractivity contribution < 1.29 is 26.8 Å². The first-order chi connectivity index (χ1) is 17.5. The van der Waals surface area contributed by atoms with Crippen LogP contribution in [0.1, 0.15) is 23.2 Å². The van der Waals surface area contributed by atoms with E-state index < -0.39 is 32.6 Å². The minimum absolute atomic E-state index is 0.0331. The number of nitrogens with zero attached hydrogens (tertiary/aromatic N) is 6. The number of carbonyl (C=O) groups excluding carboxylic acids is 2. The molecule has 0 atom stereocenters. The van der Waals surface area contributed by atoms with E-state index in [1.807, 2.05) is 0 Å². The summed E-state index contributed by atoms with van der Waals surface area (Å²) < 4.78 is 52.7. The summed E-state index contributed by atoms with van der Waals surface area (Å²) in [7, 11) is -3.18. The molecule has 0 aliphatic carbocycles. The SMILES string of the molecule is CS(=O)(=O)C1CN(C(=O)C2CCN(c3c(F)cncc3NC(=O)c3c(N)nn4cc(F)cnc34)CC2)C1. The fourth-order valence-electron chi connectivity index (χ4n) is 4.67. The molecule has 37 heavy (non-hydrogen) atoms. The molecule has 0 bridgehead atoms. The number of aromatic nitrogens is 4. The van der Waals surface area contributed by atoms with Crippen LogP contribution in [0.3, 0.4) is 0 Å². The number of piperidine rings is 1. The molecule has 5 heterocycles. The Morgan fingerprint density at radius 3 is 2.51 bits per heavy atom. The Balaban J connectivity index is 1.29. The third-order valence-corrected chi connectivity index (χ3v) is 8.25. The van der Waals surface area contributed by atoms with E-state index in [9.17, 15) is 26.8 Å². The zero-order valence-corrected chi connectivity index (χ0v) is 20.6. The zero-order valence-electron chi connectivity index (χ0n) is 19.8. The number of nitrogens with two attached hydrogens (primary N) is 1. The highest BCUT2D eigenvalue weighted by Gasteiger charge is 2.40.